The predicted octanol–water partition coefficient (Wildman–Crippen LogP) is 3.51. The lowest BCUT2D eigenvalue weighted by Crippen LogP contribution is -2.38. The quantitative estimate of drug-likeness (QED) is 0.642. The summed E-state index contributed by atoms with van der Waals surface area (Å²) in [6, 6.07) is 13.5. The molecule has 0 radical (unpaired) electrons. The molecule has 1 N–H and O–H groups in total. The standard InChI is InChI=1S/C22H23N3O4S2/c1-4-13-23-22-25(31(28,29)18-11-7-16(3)8-12-18)21(27)19(30-22)14-20(26)24-17-9-5-15(2)6-10-17/h4-12,19H,1,13-14H2,2-3H3,(H,24,26). The Morgan fingerprint density at radius 2 is 1.71 bits per heavy atom. The van der Waals surface area contributed by atoms with E-state index in [2.05, 4.69) is 16.9 Å². The molecule has 2 amide bonds. The Morgan fingerprint density at radius 3 is 2.29 bits per heavy atom. The van der Waals surface area contributed by atoms with Gasteiger partial charge < -0.3 is 5.32 Å². The number of amides is 2. The smallest absolute Gasteiger partial charge is 0.272 e. The SMILES string of the molecule is C=CCN=C1SC(CC(=O)Nc2ccc(C)cc2)C(=O)N1S(=O)(=O)c1ccc(C)cc1. The molecule has 1 saturated heterocycles. The van der Waals surface area contributed by atoms with Crippen molar-refractivity contribution in [3.8, 4) is 0 Å². The summed E-state index contributed by atoms with van der Waals surface area (Å²) < 4.78 is 27.0. The Kier molecular flexibility index (Phi) is 6.97. The van der Waals surface area contributed by atoms with Crippen LogP contribution in [-0.4, -0.2) is 41.5 Å². The van der Waals surface area contributed by atoms with E-state index >= 15 is 0 Å². The predicted molar refractivity (Wildman–Crippen MR) is 124 cm³/mol. The summed E-state index contributed by atoms with van der Waals surface area (Å²) in [6.45, 7) is 7.51. The lowest BCUT2D eigenvalue weighted by Gasteiger charge is -2.17. The van der Waals surface area contributed by atoms with Crippen LogP contribution in [-0.2, 0) is 19.6 Å². The Bertz CT molecular complexity index is 1120. The van der Waals surface area contributed by atoms with Crippen LogP contribution in [0.2, 0.25) is 0 Å². The molecule has 0 bridgehead atoms. The van der Waals surface area contributed by atoms with E-state index in [4.69, 9.17) is 0 Å². The number of nitrogens with zero attached hydrogens (tertiary/aromatic N) is 2. The van der Waals surface area contributed by atoms with Crippen molar-refractivity contribution in [2.45, 2.75) is 30.4 Å². The molecule has 0 saturated carbocycles. The number of aliphatic imine (C=N–C) groups is 1. The number of benzene rings is 2. The lowest BCUT2D eigenvalue weighted by molar-refractivity contribution is -0.125. The van der Waals surface area contributed by atoms with Gasteiger partial charge in [-0.3, -0.25) is 14.6 Å². The molecule has 162 valence electrons. The highest BCUT2D eigenvalue weighted by Crippen LogP contribution is 2.34. The van der Waals surface area contributed by atoms with Gasteiger partial charge in [-0.15, -0.1) is 6.58 Å². The average molecular weight is 458 g/mol. The van der Waals surface area contributed by atoms with Gasteiger partial charge >= 0.3 is 0 Å². The van der Waals surface area contributed by atoms with Crippen molar-refractivity contribution < 1.29 is 18.0 Å². The molecule has 1 aliphatic rings. The third-order valence-electron chi connectivity index (χ3n) is 4.52. The number of carbonyl (C=O) groups excluding carboxylic acids is 2. The minimum Gasteiger partial charge on any atom is -0.326 e. The van der Waals surface area contributed by atoms with Crippen LogP contribution in [0.3, 0.4) is 0 Å². The zero-order valence-corrected chi connectivity index (χ0v) is 18.9. The normalized spacial score (nSPS) is 17.7. The van der Waals surface area contributed by atoms with Gasteiger partial charge in [0.15, 0.2) is 5.17 Å². The fraction of sp³-hybridized carbons (Fsp3) is 0.227. The fourth-order valence-corrected chi connectivity index (χ4v) is 5.72. The van der Waals surface area contributed by atoms with Gasteiger partial charge in [-0.05, 0) is 38.1 Å². The maximum Gasteiger partial charge on any atom is 0.272 e. The largest absolute Gasteiger partial charge is 0.326 e. The second-order valence-corrected chi connectivity index (χ2v) is 10.0. The van der Waals surface area contributed by atoms with E-state index in [0.29, 0.717) is 9.99 Å². The molecule has 1 fully saturated rings. The minimum absolute atomic E-state index is 0.0110. The van der Waals surface area contributed by atoms with Crippen LogP contribution < -0.4 is 5.32 Å². The molecule has 1 atom stereocenters. The topological polar surface area (TPSA) is 95.9 Å². The highest BCUT2D eigenvalue weighted by Gasteiger charge is 2.46. The van der Waals surface area contributed by atoms with Gasteiger partial charge in [0.1, 0.15) is 5.25 Å². The second kappa shape index (κ2) is 9.49. The number of hydrogen-bond donors (Lipinski definition) is 1. The molecule has 1 aliphatic heterocycles. The summed E-state index contributed by atoms with van der Waals surface area (Å²) in [7, 11) is -4.15. The summed E-state index contributed by atoms with van der Waals surface area (Å²) in [4.78, 5) is 29.7. The molecule has 0 aromatic heterocycles. The zero-order valence-electron chi connectivity index (χ0n) is 17.2. The number of carbonyl (C=O) groups is 2. The van der Waals surface area contributed by atoms with Gasteiger partial charge in [0.2, 0.25) is 5.91 Å². The third-order valence-corrected chi connectivity index (χ3v) is 7.51. The molecule has 0 aliphatic carbocycles. The molecule has 7 nitrogen and oxygen atoms in total. The Labute approximate surface area is 186 Å². The van der Waals surface area contributed by atoms with E-state index < -0.39 is 21.2 Å². The fourth-order valence-electron chi connectivity index (χ4n) is 2.88. The number of sulfonamides is 1. The second-order valence-electron chi connectivity index (χ2n) is 7.06. The molecule has 1 unspecified atom stereocenters. The van der Waals surface area contributed by atoms with Gasteiger partial charge in [-0.25, -0.2) is 8.42 Å². The molecular formula is C22H23N3O4S2. The van der Waals surface area contributed by atoms with E-state index in [0.717, 1.165) is 22.9 Å². The summed E-state index contributed by atoms with van der Waals surface area (Å²) in [5.74, 6) is -1.07. The lowest BCUT2D eigenvalue weighted by atomic mass is 10.2. The van der Waals surface area contributed by atoms with Gasteiger partial charge in [0.25, 0.3) is 15.9 Å². The summed E-state index contributed by atoms with van der Waals surface area (Å²) in [5.41, 5.74) is 2.56. The Morgan fingerprint density at radius 1 is 1.13 bits per heavy atom. The number of aryl methyl sites for hydroxylation is 2. The van der Waals surface area contributed by atoms with Gasteiger partial charge in [-0.1, -0.05) is 53.2 Å². The van der Waals surface area contributed by atoms with E-state index in [1.165, 1.54) is 18.2 Å². The molecule has 0 spiro atoms. The number of nitrogens with one attached hydrogen (secondary N) is 1. The van der Waals surface area contributed by atoms with Gasteiger partial charge in [0, 0.05) is 12.1 Å². The molecule has 2 aromatic carbocycles. The van der Waals surface area contributed by atoms with E-state index in [1.807, 2.05) is 26.0 Å². The summed E-state index contributed by atoms with van der Waals surface area (Å²) in [5, 5.41) is 1.88. The first-order chi connectivity index (χ1) is 14.7. The Balaban J connectivity index is 1.83. The van der Waals surface area contributed by atoms with Crippen LogP contribution in [0.1, 0.15) is 17.5 Å². The van der Waals surface area contributed by atoms with Crippen molar-refractivity contribution in [2.75, 3.05) is 11.9 Å². The highest BCUT2D eigenvalue weighted by molar-refractivity contribution is 8.17. The van der Waals surface area contributed by atoms with Crippen molar-refractivity contribution >= 4 is 44.5 Å². The van der Waals surface area contributed by atoms with Gasteiger partial charge in [-0.2, -0.15) is 4.31 Å². The van der Waals surface area contributed by atoms with Crippen molar-refractivity contribution in [1.82, 2.24) is 4.31 Å². The van der Waals surface area contributed by atoms with E-state index in [9.17, 15) is 18.0 Å². The number of anilines is 1. The van der Waals surface area contributed by atoms with Crippen LogP contribution >= 0.6 is 11.8 Å². The zero-order chi connectivity index (χ0) is 22.6. The monoisotopic (exact) mass is 457 g/mol. The number of rotatable bonds is 7. The number of amidine groups is 1. The molecule has 1 heterocycles. The van der Waals surface area contributed by atoms with Crippen LogP contribution in [0.25, 0.3) is 0 Å². The van der Waals surface area contributed by atoms with Crippen LogP contribution in [0.15, 0.2) is 71.1 Å². The van der Waals surface area contributed by atoms with Crippen molar-refractivity contribution in [3.63, 3.8) is 0 Å². The van der Waals surface area contributed by atoms with Crippen molar-refractivity contribution in [1.29, 1.82) is 0 Å². The van der Waals surface area contributed by atoms with Gasteiger partial charge in [0.05, 0.1) is 11.4 Å². The first-order valence-electron chi connectivity index (χ1n) is 9.56. The maximum absolute atomic E-state index is 13.2. The van der Waals surface area contributed by atoms with Crippen LogP contribution in [0, 0.1) is 13.8 Å². The average Bonchev–Trinajstić information content (AvgIpc) is 3.04. The van der Waals surface area contributed by atoms with E-state index in [-0.39, 0.29) is 28.9 Å². The first-order valence-corrected chi connectivity index (χ1v) is 11.9. The maximum atomic E-state index is 13.2. The molecule has 2 aromatic rings. The summed E-state index contributed by atoms with van der Waals surface area (Å²) >= 11 is 0.971. The van der Waals surface area contributed by atoms with E-state index in [1.54, 1.807) is 24.3 Å². The first kappa shape index (κ1) is 22.8. The molecule has 31 heavy (non-hydrogen) atoms. The van der Waals surface area contributed by atoms with Crippen molar-refractivity contribution in [3.05, 3.63) is 72.3 Å². The van der Waals surface area contributed by atoms with Crippen LogP contribution in [0.5, 0.6) is 0 Å². The molecule has 3 rings (SSSR count). The Hall–Kier alpha value is -2.91. The number of hydrogen-bond acceptors (Lipinski definition) is 6. The van der Waals surface area contributed by atoms with Crippen LogP contribution in [0.4, 0.5) is 5.69 Å². The number of thioether (sulfide) groups is 1. The molecular weight excluding hydrogens is 434 g/mol. The van der Waals surface area contributed by atoms with Crippen molar-refractivity contribution in [2.24, 2.45) is 4.99 Å². The molecule has 9 heteroatoms. The summed E-state index contributed by atoms with van der Waals surface area (Å²) in [6.07, 6.45) is 1.33. The third kappa shape index (κ3) is 5.23. The minimum atomic E-state index is -4.15. The highest BCUT2D eigenvalue weighted by atomic mass is 32.2.